The quantitative estimate of drug-likeness (QED) is 0.748. The standard InChI is InChI=1S/C13H18N2O3S/c1-9-4-3-5-10(8-9)14-13(18)15-11(12(16)17)6-7-19-2/h3-5,8,11H,6-7H2,1-2H3,(H,16,17)(H2,14,15,18). The number of carboxylic acid groups (broad SMARTS) is 1. The fourth-order valence-corrected chi connectivity index (χ4v) is 2.01. The van der Waals surface area contributed by atoms with E-state index in [1.807, 2.05) is 31.4 Å². The van der Waals surface area contributed by atoms with Crippen molar-refractivity contribution in [2.45, 2.75) is 19.4 Å². The van der Waals surface area contributed by atoms with Crippen LogP contribution in [0.1, 0.15) is 12.0 Å². The second-order valence-corrected chi connectivity index (χ2v) is 5.13. The second kappa shape index (κ2) is 7.68. The Kier molecular flexibility index (Phi) is 6.21. The first-order valence-electron chi connectivity index (χ1n) is 5.89. The fraction of sp³-hybridized carbons (Fsp3) is 0.385. The number of carboxylic acids is 1. The van der Waals surface area contributed by atoms with Gasteiger partial charge in [0, 0.05) is 5.69 Å². The molecule has 6 heteroatoms. The summed E-state index contributed by atoms with van der Waals surface area (Å²) in [7, 11) is 0. The number of rotatable bonds is 6. The summed E-state index contributed by atoms with van der Waals surface area (Å²) in [5, 5.41) is 14.1. The highest BCUT2D eigenvalue weighted by Gasteiger charge is 2.19. The summed E-state index contributed by atoms with van der Waals surface area (Å²) in [4.78, 5) is 22.7. The van der Waals surface area contributed by atoms with Crippen molar-refractivity contribution in [1.82, 2.24) is 5.32 Å². The molecule has 1 atom stereocenters. The number of aliphatic carboxylic acids is 1. The maximum absolute atomic E-state index is 11.7. The number of benzene rings is 1. The minimum Gasteiger partial charge on any atom is -0.480 e. The molecule has 1 aromatic rings. The van der Waals surface area contributed by atoms with Gasteiger partial charge in [-0.05, 0) is 43.0 Å². The SMILES string of the molecule is CSCCC(NC(=O)Nc1cccc(C)c1)C(=O)O. The van der Waals surface area contributed by atoms with E-state index < -0.39 is 18.0 Å². The van der Waals surface area contributed by atoms with Crippen LogP contribution in [0, 0.1) is 6.92 Å². The molecule has 0 aromatic heterocycles. The molecule has 0 aliphatic heterocycles. The maximum atomic E-state index is 11.7. The lowest BCUT2D eigenvalue weighted by Crippen LogP contribution is -2.43. The van der Waals surface area contributed by atoms with Crippen molar-refractivity contribution in [2.75, 3.05) is 17.3 Å². The Morgan fingerprint density at radius 1 is 1.42 bits per heavy atom. The van der Waals surface area contributed by atoms with E-state index >= 15 is 0 Å². The van der Waals surface area contributed by atoms with Crippen LogP contribution in [-0.4, -0.2) is 35.2 Å². The predicted molar refractivity (Wildman–Crippen MR) is 77.8 cm³/mol. The fourth-order valence-electron chi connectivity index (χ4n) is 1.54. The zero-order chi connectivity index (χ0) is 14.3. The minimum atomic E-state index is -1.02. The second-order valence-electron chi connectivity index (χ2n) is 4.14. The summed E-state index contributed by atoms with van der Waals surface area (Å²) in [5.41, 5.74) is 1.67. The molecule has 1 unspecified atom stereocenters. The molecule has 5 nitrogen and oxygen atoms in total. The molecular formula is C13H18N2O3S. The highest BCUT2D eigenvalue weighted by molar-refractivity contribution is 7.98. The van der Waals surface area contributed by atoms with Crippen molar-refractivity contribution in [2.24, 2.45) is 0 Å². The van der Waals surface area contributed by atoms with Gasteiger partial charge in [0.2, 0.25) is 0 Å². The third-order valence-electron chi connectivity index (χ3n) is 2.49. The van der Waals surface area contributed by atoms with E-state index in [-0.39, 0.29) is 0 Å². The van der Waals surface area contributed by atoms with Crippen molar-refractivity contribution in [1.29, 1.82) is 0 Å². The van der Waals surface area contributed by atoms with Crippen LogP contribution in [0.15, 0.2) is 24.3 Å². The summed E-state index contributed by atoms with van der Waals surface area (Å²) >= 11 is 1.55. The lowest BCUT2D eigenvalue weighted by molar-refractivity contribution is -0.139. The Balaban J connectivity index is 2.55. The average molecular weight is 282 g/mol. The van der Waals surface area contributed by atoms with Gasteiger partial charge in [0.1, 0.15) is 6.04 Å². The molecule has 19 heavy (non-hydrogen) atoms. The Labute approximate surface area is 116 Å². The van der Waals surface area contributed by atoms with Crippen LogP contribution >= 0.6 is 11.8 Å². The smallest absolute Gasteiger partial charge is 0.326 e. The van der Waals surface area contributed by atoms with Gasteiger partial charge in [0.05, 0.1) is 0 Å². The first kappa shape index (κ1) is 15.4. The van der Waals surface area contributed by atoms with Crippen molar-refractivity contribution < 1.29 is 14.7 Å². The summed E-state index contributed by atoms with van der Waals surface area (Å²) in [6.07, 6.45) is 2.30. The molecule has 0 fully saturated rings. The van der Waals surface area contributed by atoms with Gasteiger partial charge in [0.15, 0.2) is 0 Å². The number of amides is 2. The van der Waals surface area contributed by atoms with E-state index in [2.05, 4.69) is 10.6 Å². The normalized spacial score (nSPS) is 11.7. The van der Waals surface area contributed by atoms with E-state index in [0.717, 1.165) is 5.56 Å². The van der Waals surface area contributed by atoms with Gasteiger partial charge < -0.3 is 15.7 Å². The number of aryl methyl sites for hydroxylation is 1. The summed E-state index contributed by atoms with van der Waals surface area (Å²) in [6, 6.07) is 5.95. The van der Waals surface area contributed by atoms with Crippen molar-refractivity contribution >= 4 is 29.4 Å². The number of hydrogen-bond acceptors (Lipinski definition) is 3. The third kappa shape index (κ3) is 5.65. The molecule has 1 aromatic carbocycles. The molecule has 3 N–H and O–H groups in total. The molecule has 1 rings (SSSR count). The van der Waals surface area contributed by atoms with Gasteiger partial charge in [-0.1, -0.05) is 12.1 Å². The first-order valence-corrected chi connectivity index (χ1v) is 7.28. The number of urea groups is 1. The Morgan fingerprint density at radius 2 is 2.16 bits per heavy atom. The number of carbonyl (C=O) groups is 2. The Hall–Kier alpha value is -1.69. The molecule has 0 aliphatic rings. The van der Waals surface area contributed by atoms with E-state index in [1.165, 1.54) is 0 Å². The van der Waals surface area contributed by atoms with Gasteiger partial charge in [-0.2, -0.15) is 11.8 Å². The van der Waals surface area contributed by atoms with Crippen LogP contribution in [0.25, 0.3) is 0 Å². The monoisotopic (exact) mass is 282 g/mol. The minimum absolute atomic E-state index is 0.401. The number of thioether (sulfide) groups is 1. The molecule has 0 spiro atoms. The van der Waals surface area contributed by atoms with Gasteiger partial charge in [-0.15, -0.1) is 0 Å². The number of nitrogens with one attached hydrogen (secondary N) is 2. The van der Waals surface area contributed by atoms with Crippen molar-refractivity contribution in [3.63, 3.8) is 0 Å². The molecular weight excluding hydrogens is 264 g/mol. The van der Waals surface area contributed by atoms with Gasteiger partial charge in [0.25, 0.3) is 0 Å². The summed E-state index contributed by atoms with van der Waals surface area (Å²) in [5.74, 6) is -0.338. The van der Waals surface area contributed by atoms with Crippen LogP contribution in [0.3, 0.4) is 0 Å². The predicted octanol–water partition coefficient (Wildman–Crippen LogP) is 2.32. The number of carbonyl (C=O) groups excluding carboxylic acids is 1. The van der Waals surface area contributed by atoms with Gasteiger partial charge >= 0.3 is 12.0 Å². The lowest BCUT2D eigenvalue weighted by atomic mass is 10.2. The molecule has 104 valence electrons. The number of anilines is 1. The van der Waals surface area contributed by atoms with E-state index in [4.69, 9.17) is 5.11 Å². The molecule has 2 amide bonds. The third-order valence-corrected chi connectivity index (χ3v) is 3.13. The van der Waals surface area contributed by atoms with E-state index in [9.17, 15) is 9.59 Å². The van der Waals surface area contributed by atoms with Gasteiger partial charge in [-0.3, -0.25) is 0 Å². The highest BCUT2D eigenvalue weighted by Crippen LogP contribution is 2.09. The maximum Gasteiger partial charge on any atom is 0.326 e. The van der Waals surface area contributed by atoms with Crippen LogP contribution in [-0.2, 0) is 4.79 Å². The first-order chi connectivity index (χ1) is 9.02. The van der Waals surface area contributed by atoms with Crippen LogP contribution in [0.5, 0.6) is 0 Å². The van der Waals surface area contributed by atoms with E-state index in [0.29, 0.717) is 17.9 Å². The molecule has 0 radical (unpaired) electrons. The topological polar surface area (TPSA) is 78.4 Å². The zero-order valence-electron chi connectivity index (χ0n) is 11.0. The van der Waals surface area contributed by atoms with Crippen LogP contribution in [0.4, 0.5) is 10.5 Å². The largest absolute Gasteiger partial charge is 0.480 e. The molecule has 0 heterocycles. The van der Waals surface area contributed by atoms with Crippen LogP contribution in [0.2, 0.25) is 0 Å². The summed E-state index contributed by atoms with van der Waals surface area (Å²) < 4.78 is 0. The Bertz CT molecular complexity index is 451. The molecule has 0 bridgehead atoms. The average Bonchev–Trinajstić information content (AvgIpc) is 2.34. The summed E-state index contributed by atoms with van der Waals surface area (Å²) in [6.45, 7) is 1.92. The Morgan fingerprint density at radius 3 is 2.74 bits per heavy atom. The van der Waals surface area contributed by atoms with Gasteiger partial charge in [-0.25, -0.2) is 9.59 Å². The zero-order valence-corrected chi connectivity index (χ0v) is 11.8. The van der Waals surface area contributed by atoms with Crippen LogP contribution < -0.4 is 10.6 Å². The number of hydrogen-bond donors (Lipinski definition) is 3. The molecule has 0 saturated carbocycles. The lowest BCUT2D eigenvalue weighted by Gasteiger charge is -2.14. The van der Waals surface area contributed by atoms with Crippen molar-refractivity contribution in [3.8, 4) is 0 Å². The molecule has 0 aliphatic carbocycles. The highest BCUT2D eigenvalue weighted by atomic mass is 32.2. The molecule has 0 saturated heterocycles. The van der Waals surface area contributed by atoms with E-state index in [1.54, 1.807) is 17.8 Å². The van der Waals surface area contributed by atoms with Crippen molar-refractivity contribution in [3.05, 3.63) is 29.8 Å².